The van der Waals surface area contributed by atoms with Crippen molar-refractivity contribution in [1.82, 2.24) is 4.90 Å². The first kappa shape index (κ1) is 22.6. The van der Waals surface area contributed by atoms with Gasteiger partial charge in [0.15, 0.2) is 0 Å². The molecule has 3 aromatic carbocycles. The van der Waals surface area contributed by atoms with Crippen LogP contribution in [0.25, 0.3) is 10.8 Å². The molecule has 0 radical (unpaired) electrons. The Balaban J connectivity index is 1.85. The number of amides is 2. The van der Waals surface area contributed by atoms with Gasteiger partial charge in [0, 0.05) is 18.7 Å². The van der Waals surface area contributed by atoms with E-state index in [0.29, 0.717) is 37.1 Å². The van der Waals surface area contributed by atoms with Crippen LogP contribution < -0.4 is 9.64 Å². The minimum absolute atomic E-state index is 0.0601. The molecule has 1 aliphatic heterocycles. The van der Waals surface area contributed by atoms with Crippen LogP contribution in [0.3, 0.4) is 0 Å². The third kappa shape index (κ3) is 4.65. The van der Waals surface area contributed by atoms with Crippen LogP contribution in [-0.2, 0) is 11.0 Å². The minimum atomic E-state index is -4.57. The van der Waals surface area contributed by atoms with Gasteiger partial charge in [-0.3, -0.25) is 14.5 Å². The number of carbonyl (C=O) groups excluding carboxylic acids is 2. The Bertz CT molecular complexity index is 1190. The van der Waals surface area contributed by atoms with Crippen LogP contribution in [0.4, 0.5) is 18.9 Å². The normalized spacial score (nSPS) is 14.1. The number of likely N-dealkylation sites (tertiary alicyclic amines) is 1. The Kier molecular flexibility index (Phi) is 6.26. The maximum Gasteiger partial charge on any atom is 0.416 e. The number of halogens is 3. The van der Waals surface area contributed by atoms with Gasteiger partial charge in [-0.15, -0.1) is 0 Å². The molecule has 8 heteroatoms. The molecule has 4 rings (SSSR count). The van der Waals surface area contributed by atoms with Gasteiger partial charge in [0.1, 0.15) is 12.4 Å². The number of rotatable bonds is 6. The van der Waals surface area contributed by atoms with E-state index in [9.17, 15) is 22.8 Å². The molecule has 1 aliphatic rings. The molecule has 1 saturated heterocycles. The lowest BCUT2D eigenvalue weighted by molar-refractivity contribution is -0.137. The summed E-state index contributed by atoms with van der Waals surface area (Å²) in [6, 6.07) is 15.4. The van der Waals surface area contributed by atoms with Gasteiger partial charge in [-0.25, -0.2) is 0 Å². The lowest BCUT2D eigenvalue weighted by Gasteiger charge is -2.29. The van der Waals surface area contributed by atoms with Gasteiger partial charge in [-0.2, -0.15) is 13.2 Å². The molecule has 0 atom stereocenters. The zero-order valence-corrected chi connectivity index (χ0v) is 18.1. The van der Waals surface area contributed by atoms with E-state index in [-0.39, 0.29) is 23.8 Å². The number of hydrogen-bond acceptors (Lipinski definition) is 3. The third-order valence-electron chi connectivity index (χ3n) is 5.62. The largest absolute Gasteiger partial charge is 0.493 e. The van der Waals surface area contributed by atoms with Crippen molar-refractivity contribution in [3.8, 4) is 5.75 Å². The molecule has 1 fully saturated rings. The summed E-state index contributed by atoms with van der Waals surface area (Å²) in [7, 11) is 0. The lowest BCUT2D eigenvalue weighted by atomic mass is 10.0. The molecule has 0 unspecified atom stereocenters. The molecule has 3 aromatic rings. The maximum absolute atomic E-state index is 13.9. The van der Waals surface area contributed by atoms with E-state index in [2.05, 4.69) is 0 Å². The molecular formula is C25H23F3N2O3. The van der Waals surface area contributed by atoms with Crippen LogP contribution >= 0.6 is 0 Å². The quantitative estimate of drug-likeness (QED) is 0.493. The van der Waals surface area contributed by atoms with Crippen molar-refractivity contribution >= 4 is 28.3 Å². The molecule has 2 amide bonds. The first-order valence-electron chi connectivity index (χ1n) is 10.7. The zero-order chi connectivity index (χ0) is 23.6. The van der Waals surface area contributed by atoms with Crippen molar-refractivity contribution < 1.29 is 27.5 Å². The Morgan fingerprint density at radius 3 is 2.58 bits per heavy atom. The predicted octanol–water partition coefficient (Wildman–Crippen LogP) is 5.48. The number of hydrogen-bond donors (Lipinski definition) is 0. The maximum atomic E-state index is 13.9. The van der Waals surface area contributed by atoms with E-state index in [1.807, 2.05) is 18.2 Å². The van der Waals surface area contributed by atoms with E-state index in [0.717, 1.165) is 17.5 Å². The number of ether oxygens (including phenoxy) is 1. The summed E-state index contributed by atoms with van der Waals surface area (Å²) in [5.41, 5.74) is -0.558. The monoisotopic (exact) mass is 456 g/mol. The van der Waals surface area contributed by atoms with Gasteiger partial charge in [0.25, 0.3) is 5.91 Å². The summed E-state index contributed by atoms with van der Waals surface area (Å²) in [4.78, 5) is 28.9. The Labute approximate surface area is 189 Å². The van der Waals surface area contributed by atoms with Gasteiger partial charge >= 0.3 is 6.18 Å². The number of carbonyl (C=O) groups is 2. The molecule has 0 N–H and O–H groups in total. The molecule has 0 aliphatic carbocycles. The van der Waals surface area contributed by atoms with Crippen molar-refractivity contribution in [3.63, 3.8) is 0 Å². The van der Waals surface area contributed by atoms with Crippen molar-refractivity contribution in [2.45, 2.75) is 25.9 Å². The SMILES string of the molecule is CCOc1ccc2ccccc2c1C(=O)N(CN1CCCC1=O)c1cccc(C(F)(F)F)c1. The fraction of sp³-hybridized carbons (Fsp3) is 0.280. The van der Waals surface area contributed by atoms with E-state index in [1.165, 1.54) is 21.9 Å². The zero-order valence-electron chi connectivity index (χ0n) is 18.1. The number of anilines is 1. The lowest BCUT2D eigenvalue weighted by Crippen LogP contribution is -2.42. The molecule has 0 bridgehead atoms. The van der Waals surface area contributed by atoms with Crippen molar-refractivity contribution in [2.24, 2.45) is 0 Å². The number of alkyl halides is 3. The van der Waals surface area contributed by atoms with Crippen molar-refractivity contribution in [3.05, 3.63) is 71.8 Å². The van der Waals surface area contributed by atoms with Crippen molar-refractivity contribution in [2.75, 3.05) is 24.7 Å². The molecule has 1 heterocycles. The molecule has 0 saturated carbocycles. The highest BCUT2D eigenvalue weighted by Crippen LogP contribution is 2.34. The van der Waals surface area contributed by atoms with Gasteiger partial charge in [0.05, 0.1) is 17.7 Å². The summed E-state index contributed by atoms with van der Waals surface area (Å²) >= 11 is 0. The first-order chi connectivity index (χ1) is 15.8. The first-order valence-corrected chi connectivity index (χ1v) is 10.7. The van der Waals surface area contributed by atoms with Crippen LogP contribution in [0.1, 0.15) is 35.7 Å². The Morgan fingerprint density at radius 2 is 1.88 bits per heavy atom. The van der Waals surface area contributed by atoms with Gasteiger partial charge in [-0.05, 0) is 48.4 Å². The van der Waals surface area contributed by atoms with Crippen LogP contribution in [0.15, 0.2) is 60.7 Å². The van der Waals surface area contributed by atoms with E-state index in [1.54, 1.807) is 25.1 Å². The average molecular weight is 456 g/mol. The van der Waals surface area contributed by atoms with Crippen LogP contribution in [0.2, 0.25) is 0 Å². The third-order valence-corrected chi connectivity index (χ3v) is 5.62. The fourth-order valence-corrected chi connectivity index (χ4v) is 4.02. The molecular weight excluding hydrogens is 433 g/mol. The van der Waals surface area contributed by atoms with Crippen LogP contribution in [0, 0.1) is 0 Å². The van der Waals surface area contributed by atoms with Gasteiger partial charge in [0.2, 0.25) is 5.91 Å². The summed E-state index contributed by atoms with van der Waals surface area (Å²) in [5, 5.41) is 1.42. The second-order valence-electron chi connectivity index (χ2n) is 7.78. The Morgan fingerprint density at radius 1 is 1.09 bits per heavy atom. The number of nitrogens with zero attached hydrogens (tertiary/aromatic N) is 2. The van der Waals surface area contributed by atoms with E-state index < -0.39 is 17.6 Å². The predicted molar refractivity (Wildman–Crippen MR) is 119 cm³/mol. The second kappa shape index (κ2) is 9.13. The average Bonchev–Trinajstić information content (AvgIpc) is 3.21. The highest BCUT2D eigenvalue weighted by Gasteiger charge is 2.33. The van der Waals surface area contributed by atoms with Crippen molar-refractivity contribution in [1.29, 1.82) is 0 Å². The molecule has 172 valence electrons. The summed E-state index contributed by atoms with van der Waals surface area (Å²) in [6.07, 6.45) is -3.57. The molecule has 5 nitrogen and oxygen atoms in total. The number of fused-ring (bicyclic) bond motifs is 1. The van der Waals surface area contributed by atoms with E-state index in [4.69, 9.17) is 4.74 Å². The van der Waals surface area contributed by atoms with Gasteiger partial charge in [-0.1, -0.05) is 36.4 Å². The van der Waals surface area contributed by atoms with Crippen LogP contribution in [0.5, 0.6) is 5.75 Å². The molecule has 33 heavy (non-hydrogen) atoms. The fourth-order valence-electron chi connectivity index (χ4n) is 4.02. The smallest absolute Gasteiger partial charge is 0.416 e. The highest BCUT2D eigenvalue weighted by molar-refractivity contribution is 6.16. The topological polar surface area (TPSA) is 49.9 Å². The van der Waals surface area contributed by atoms with E-state index >= 15 is 0 Å². The standard InChI is InChI=1S/C25H23F3N2O3/c1-2-33-21-13-12-17-7-3-4-10-20(17)23(21)24(32)30(16-29-14-6-11-22(29)31)19-9-5-8-18(15-19)25(26,27)28/h3-5,7-10,12-13,15H,2,6,11,14,16H2,1H3. The minimum Gasteiger partial charge on any atom is -0.493 e. The van der Waals surface area contributed by atoms with Crippen LogP contribution in [-0.4, -0.2) is 36.5 Å². The summed E-state index contributed by atoms with van der Waals surface area (Å²) in [5.74, 6) is -0.331. The molecule has 0 aromatic heterocycles. The highest BCUT2D eigenvalue weighted by atomic mass is 19.4. The Hall–Kier alpha value is -3.55. The summed E-state index contributed by atoms with van der Waals surface area (Å²) in [6.45, 7) is 2.40. The summed E-state index contributed by atoms with van der Waals surface area (Å²) < 4.78 is 45.9. The van der Waals surface area contributed by atoms with Gasteiger partial charge < -0.3 is 9.64 Å². The molecule has 0 spiro atoms. The second-order valence-corrected chi connectivity index (χ2v) is 7.78. The number of benzene rings is 3.